The molecule has 114 valence electrons. The maximum atomic E-state index is 12.7. The molecule has 0 N–H and O–H groups in total. The molecule has 0 saturated heterocycles. The quantitative estimate of drug-likeness (QED) is 0.722. The Morgan fingerprint density at radius 3 is 2.59 bits per heavy atom. The molecule has 0 radical (unpaired) electrons. The molecule has 0 aliphatic heterocycles. The Bertz CT molecular complexity index is 890. The molecule has 2 aromatic carbocycles. The van der Waals surface area contributed by atoms with E-state index in [0.717, 1.165) is 15.9 Å². The van der Waals surface area contributed by atoms with Crippen molar-refractivity contribution in [1.29, 1.82) is 0 Å². The minimum atomic E-state index is -3.77. The summed E-state index contributed by atoms with van der Waals surface area (Å²) < 4.78 is 31.9. The molecule has 7 heteroatoms. The Morgan fingerprint density at radius 2 is 1.91 bits per heavy atom. The molecule has 0 aliphatic carbocycles. The highest BCUT2D eigenvalue weighted by Gasteiger charge is 2.21. The van der Waals surface area contributed by atoms with Gasteiger partial charge in [-0.3, -0.25) is 0 Å². The average molecular weight is 317 g/mol. The summed E-state index contributed by atoms with van der Waals surface area (Å²) in [5, 5.41) is 5.09. The third-order valence-electron chi connectivity index (χ3n) is 3.23. The van der Waals surface area contributed by atoms with Gasteiger partial charge < -0.3 is 4.74 Å². The van der Waals surface area contributed by atoms with Gasteiger partial charge in [0.1, 0.15) is 18.4 Å². The Balaban J connectivity index is 2.20. The number of benzene rings is 2. The molecular formula is C15H15N3O3S. The molecule has 0 saturated carbocycles. The maximum absolute atomic E-state index is 12.7. The summed E-state index contributed by atoms with van der Waals surface area (Å²) in [4.78, 5) is 3.88. The monoisotopic (exact) mass is 317 g/mol. The van der Waals surface area contributed by atoms with Crippen molar-refractivity contribution < 1.29 is 13.2 Å². The highest BCUT2D eigenvalue weighted by Crippen LogP contribution is 2.31. The molecule has 3 rings (SSSR count). The molecule has 0 fully saturated rings. The van der Waals surface area contributed by atoms with Crippen molar-refractivity contribution in [2.45, 2.75) is 18.2 Å². The smallest absolute Gasteiger partial charge is 0.285 e. The molecule has 3 aromatic rings. The van der Waals surface area contributed by atoms with Gasteiger partial charge in [-0.25, -0.2) is 4.98 Å². The van der Waals surface area contributed by atoms with Crippen molar-refractivity contribution >= 4 is 20.8 Å². The van der Waals surface area contributed by atoms with Crippen LogP contribution >= 0.6 is 0 Å². The van der Waals surface area contributed by atoms with E-state index in [1.807, 2.05) is 19.1 Å². The van der Waals surface area contributed by atoms with Gasteiger partial charge in [-0.1, -0.05) is 31.2 Å². The number of fused-ring (bicyclic) bond motifs is 1. The molecule has 6 nitrogen and oxygen atoms in total. The molecule has 0 bridgehead atoms. The van der Waals surface area contributed by atoms with E-state index >= 15 is 0 Å². The van der Waals surface area contributed by atoms with Crippen LogP contribution in [-0.4, -0.2) is 29.2 Å². The van der Waals surface area contributed by atoms with Crippen molar-refractivity contribution in [3.05, 3.63) is 49.1 Å². The van der Waals surface area contributed by atoms with Crippen LogP contribution in [0.25, 0.3) is 10.8 Å². The highest BCUT2D eigenvalue weighted by atomic mass is 32.2. The van der Waals surface area contributed by atoms with Crippen molar-refractivity contribution in [3.8, 4) is 5.75 Å². The lowest BCUT2D eigenvalue weighted by atomic mass is 10.1. The van der Waals surface area contributed by atoms with Gasteiger partial charge in [0.2, 0.25) is 0 Å². The standard InChI is InChI=1S/C15H15N3O3S/c1-2-9-21-14-7-8-15(13-6-4-3-5-12(13)14)22(19,20)18-11-16-10-17-18/h3-8,10-11H,2,9H2,1H3. The molecule has 1 aromatic heterocycles. The number of hydrogen-bond donors (Lipinski definition) is 0. The van der Waals surface area contributed by atoms with Crippen molar-refractivity contribution in [2.24, 2.45) is 0 Å². The summed E-state index contributed by atoms with van der Waals surface area (Å²) in [5.41, 5.74) is 0. The van der Waals surface area contributed by atoms with Gasteiger partial charge in [-0.05, 0) is 18.6 Å². The third-order valence-corrected chi connectivity index (χ3v) is 4.82. The fraction of sp³-hybridized carbons (Fsp3) is 0.200. The Hall–Kier alpha value is -2.41. The maximum Gasteiger partial charge on any atom is 0.285 e. The Labute approximate surface area is 128 Å². The van der Waals surface area contributed by atoms with Gasteiger partial charge in [-0.15, -0.1) is 9.19 Å². The second kappa shape index (κ2) is 5.76. The van der Waals surface area contributed by atoms with E-state index in [4.69, 9.17) is 4.74 Å². The summed E-state index contributed by atoms with van der Waals surface area (Å²) in [6.07, 6.45) is 3.25. The Morgan fingerprint density at radius 1 is 1.14 bits per heavy atom. The fourth-order valence-electron chi connectivity index (χ4n) is 2.23. The first-order valence-electron chi connectivity index (χ1n) is 6.89. The number of ether oxygens (including phenoxy) is 1. The van der Waals surface area contributed by atoms with Crippen LogP contribution in [0.3, 0.4) is 0 Å². The van der Waals surface area contributed by atoms with Crippen LogP contribution < -0.4 is 4.74 Å². The molecule has 0 unspecified atom stereocenters. The summed E-state index contributed by atoms with van der Waals surface area (Å²) in [6, 6.07) is 10.5. The Kier molecular flexibility index (Phi) is 3.81. The van der Waals surface area contributed by atoms with Crippen molar-refractivity contribution in [3.63, 3.8) is 0 Å². The zero-order valence-corrected chi connectivity index (χ0v) is 12.8. The lowest BCUT2D eigenvalue weighted by Crippen LogP contribution is -2.14. The van der Waals surface area contributed by atoms with Gasteiger partial charge in [0, 0.05) is 10.8 Å². The average Bonchev–Trinajstić information content (AvgIpc) is 3.07. The molecule has 0 amide bonds. The number of rotatable bonds is 5. The van der Waals surface area contributed by atoms with E-state index in [9.17, 15) is 8.42 Å². The van der Waals surface area contributed by atoms with E-state index in [2.05, 4.69) is 10.1 Å². The first-order chi connectivity index (χ1) is 10.6. The predicted molar refractivity (Wildman–Crippen MR) is 82.3 cm³/mol. The topological polar surface area (TPSA) is 74.1 Å². The SMILES string of the molecule is CCCOc1ccc(S(=O)(=O)n2cncn2)c2ccccc12. The van der Waals surface area contributed by atoms with Crippen LogP contribution in [0.4, 0.5) is 0 Å². The first kappa shape index (κ1) is 14.5. The van der Waals surface area contributed by atoms with Crippen LogP contribution in [0, 0.1) is 0 Å². The van der Waals surface area contributed by atoms with E-state index in [-0.39, 0.29) is 4.90 Å². The van der Waals surface area contributed by atoms with Crippen LogP contribution in [0.15, 0.2) is 53.9 Å². The van der Waals surface area contributed by atoms with Crippen LogP contribution in [0.2, 0.25) is 0 Å². The first-order valence-corrected chi connectivity index (χ1v) is 8.33. The lowest BCUT2D eigenvalue weighted by molar-refractivity contribution is 0.321. The zero-order chi connectivity index (χ0) is 15.6. The lowest BCUT2D eigenvalue weighted by Gasteiger charge is -2.12. The second-order valence-electron chi connectivity index (χ2n) is 4.73. The van der Waals surface area contributed by atoms with Crippen molar-refractivity contribution in [1.82, 2.24) is 14.2 Å². The molecule has 0 spiro atoms. The van der Waals surface area contributed by atoms with Crippen molar-refractivity contribution in [2.75, 3.05) is 6.61 Å². The molecule has 0 atom stereocenters. The zero-order valence-electron chi connectivity index (χ0n) is 12.0. The summed E-state index contributed by atoms with van der Waals surface area (Å²) in [5.74, 6) is 0.676. The van der Waals surface area contributed by atoms with Gasteiger partial charge >= 0.3 is 0 Å². The van der Waals surface area contributed by atoms with E-state index < -0.39 is 10.0 Å². The van der Waals surface area contributed by atoms with Crippen LogP contribution in [-0.2, 0) is 10.0 Å². The molecule has 0 aliphatic rings. The minimum absolute atomic E-state index is 0.178. The van der Waals surface area contributed by atoms with Gasteiger partial charge in [0.25, 0.3) is 10.0 Å². The fourth-order valence-corrected chi connectivity index (χ4v) is 3.47. The minimum Gasteiger partial charge on any atom is -0.493 e. The van der Waals surface area contributed by atoms with Gasteiger partial charge in [0.15, 0.2) is 0 Å². The molecular weight excluding hydrogens is 302 g/mol. The van der Waals surface area contributed by atoms with Crippen LogP contribution in [0.5, 0.6) is 5.75 Å². The summed E-state index contributed by atoms with van der Waals surface area (Å²) in [7, 11) is -3.77. The highest BCUT2D eigenvalue weighted by molar-refractivity contribution is 7.90. The number of nitrogens with zero attached hydrogens (tertiary/aromatic N) is 3. The largest absolute Gasteiger partial charge is 0.493 e. The molecule has 22 heavy (non-hydrogen) atoms. The van der Waals surface area contributed by atoms with Crippen LogP contribution in [0.1, 0.15) is 13.3 Å². The number of hydrogen-bond acceptors (Lipinski definition) is 5. The third kappa shape index (κ3) is 2.43. The van der Waals surface area contributed by atoms with Gasteiger partial charge in [0.05, 0.1) is 11.5 Å². The molecule has 1 heterocycles. The normalized spacial score (nSPS) is 11.7. The summed E-state index contributed by atoms with van der Waals surface area (Å²) >= 11 is 0. The summed E-state index contributed by atoms with van der Waals surface area (Å²) in [6.45, 7) is 2.60. The second-order valence-corrected chi connectivity index (χ2v) is 6.49. The number of aromatic nitrogens is 3. The van der Waals surface area contributed by atoms with E-state index in [1.54, 1.807) is 24.3 Å². The predicted octanol–water partition coefficient (Wildman–Crippen LogP) is 2.46. The van der Waals surface area contributed by atoms with Gasteiger partial charge in [-0.2, -0.15) is 8.42 Å². The van der Waals surface area contributed by atoms with E-state index in [0.29, 0.717) is 17.7 Å². The van der Waals surface area contributed by atoms with E-state index in [1.165, 1.54) is 12.7 Å².